The van der Waals surface area contributed by atoms with Gasteiger partial charge in [0.25, 0.3) is 0 Å². The maximum Gasteiger partial charge on any atom is 0.219 e. The first-order valence-electron chi connectivity index (χ1n) is 5.46. The molecule has 4 heteroatoms. The molecule has 0 radical (unpaired) electrons. The minimum atomic E-state index is -1.04. The summed E-state index contributed by atoms with van der Waals surface area (Å²) in [6.45, 7) is 0. The molecule has 1 aliphatic heterocycles. The van der Waals surface area contributed by atoms with E-state index < -0.39 is 5.54 Å². The number of hydrogen-bond donors (Lipinski definition) is 0. The summed E-state index contributed by atoms with van der Waals surface area (Å²) in [4.78, 5) is 0. The van der Waals surface area contributed by atoms with Crippen molar-refractivity contribution in [1.82, 2.24) is 0 Å². The summed E-state index contributed by atoms with van der Waals surface area (Å²) in [5.41, 5.74) is 1.30. The van der Waals surface area contributed by atoms with E-state index >= 15 is 0 Å². The van der Waals surface area contributed by atoms with E-state index in [0.29, 0.717) is 5.02 Å². The van der Waals surface area contributed by atoms with Crippen LogP contribution in [-0.2, 0) is 5.54 Å². The quantitative estimate of drug-likeness (QED) is 0.751. The summed E-state index contributed by atoms with van der Waals surface area (Å²) in [5, 5.41) is 18.5. The lowest BCUT2D eigenvalue weighted by Crippen LogP contribution is -2.20. The van der Waals surface area contributed by atoms with Gasteiger partial charge in [0.1, 0.15) is 6.07 Å². The normalized spacial score (nSPS) is 20.4. The van der Waals surface area contributed by atoms with E-state index in [2.05, 4.69) is 16.3 Å². The number of hydrogen-bond acceptors (Lipinski definition) is 3. The van der Waals surface area contributed by atoms with E-state index in [1.54, 1.807) is 12.1 Å². The summed E-state index contributed by atoms with van der Waals surface area (Å²) in [6.07, 6.45) is 0. The molecule has 3 rings (SSSR count). The van der Waals surface area contributed by atoms with Crippen molar-refractivity contribution in [2.24, 2.45) is 10.2 Å². The Morgan fingerprint density at radius 2 is 1.78 bits per heavy atom. The van der Waals surface area contributed by atoms with Crippen molar-refractivity contribution in [2.75, 3.05) is 0 Å². The Hall–Kier alpha value is -2.18. The molecule has 3 nitrogen and oxygen atoms in total. The van der Waals surface area contributed by atoms with Crippen LogP contribution < -0.4 is 0 Å². The van der Waals surface area contributed by atoms with Gasteiger partial charge in [0.15, 0.2) is 0 Å². The Morgan fingerprint density at radius 3 is 2.50 bits per heavy atom. The van der Waals surface area contributed by atoms with E-state index in [9.17, 15) is 5.26 Å². The van der Waals surface area contributed by atoms with Gasteiger partial charge in [0, 0.05) is 16.1 Å². The minimum absolute atomic E-state index is 0.634. The second-order valence-electron chi connectivity index (χ2n) is 4.05. The number of azo groups is 1. The highest BCUT2D eigenvalue weighted by molar-refractivity contribution is 6.30. The first-order valence-corrected chi connectivity index (χ1v) is 5.84. The standard InChI is InChI=1S/C14H8ClN3/c15-11-7-5-10(6-8-11)14(9-16)12-3-1-2-4-13(12)17-18-14/h1-8H. The van der Waals surface area contributed by atoms with Crippen LogP contribution in [-0.4, -0.2) is 0 Å². The van der Waals surface area contributed by atoms with Crippen LogP contribution in [0.1, 0.15) is 11.1 Å². The lowest BCUT2D eigenvalue weighted by molar-refractivity contribution is 0.696. The van der Waals surface area contributed by atoms with Crippen molar-refractivity contribution in [3.8, 4) is 6.07 Å². The zero-order valence-electron chi connectivity index (χ0n) is 9.34. The van der Waals surface area contributed by atoms with Crippen molar-refractivity contribution >= 4 is 17.3 Å². The van der Waals surface area contributed by atoms with E-state index in [4.69, 9.17) is 11.6 Å². The predicted molar refractivity (Wildman–Crippen MR) is 68.8 cm³/mol. The van der Waals surface area contributed by atoms with Crippen LogP contribution in [0.4, 0.5) is 5.69 Å². The molecule has 0 amide bonds. The summed E-state index contributed by atoms with van der Waals surface area (Å²) in [7, 11) is 0. The van der Waals surface area contributed by atoms with E-state index in [1.807, 2.05) is 36.4 Å². The largest absolute Gasteiger partial charge is 0.219 e. The fourth-order valence-electron chi connectivity index (χ4n) is 2.10. The van der Waals surface area contributed by atoms with Gasteiger partial charge in [-0.05, 0) is 18.2 Å². The zero-order valence-corrected chi connectivity index (χ0v) is 10.1. The summed E-state index contributed by atoms with van der Waals surface area (Å²) >= 11 is 5.87. The van der Waals surface area contributed by atoms with Gasteiger partial charge in [-0.15, -0.1) is 0 Å². The molecular weight excluding hydrogens is 246 g/mol. The number of nitriles is 1. The Labute approximate surface area is 109 Å². The van der Waals surface area contributed by atoms with Crippen LogP contribution in [0.25, 0.3) is 0 Å². The van der Waals surface area contributed by atoms with Gasteiger partial charge < -0.3 is 0 Å². The molecule has 1 aliphatic rings. The molecule has 0 saturated heterocycles. The van der Waals surface area contributed by atoms with Crippen LogP contribution >= 0.6 is 11.6 Å². The Bertz CT molecular complexity index is 670. The number of halogens is 1. The van der Waals surface area contributed by atoms with Gasteiger partial charge >= 0.3 is 0 Å². The van der Waals surface area contributed by atoms with Gasteiger partial charge in [0.05, 0.1) is 5.69 Å². The second-order valence-corrected chi connectivity index (χ2v) is 4.48. The first-order chi connectivity index (χ1) is 8.76. The van der Waals surface area contributed by atoms with Gasteiger partial charge in [-0.1, -0.05) is 41.9 Å². The molecule has 18 heavy (non-hydrogen) atoms. The SMILES string of the molecule is N#CC1(c2ccc(Cl)cc2)N=Nc2ccccc21. The average Bonchev–Trinajstić information content (AvgIpc) is 2.80. The topological polar surface area (TPSA) is 48.5 Å². The highest BCUT2D eigenvalue weighted by Crippen LogP contribution is 2.44. The monoisotopic (exact) mass is 253 g/mol. The molecule has 1 unspecified atom stereocenters. The van der Waals surface area contributed by atoms with E-state index in [1.165, 1.54) is 0 Å². The van der Waals surface area contributed by atoms with Crippen molar-refractivity contribution in [3.05, 3.63) is 64.7 Å². The number of benzene rings is 2. The van der Waals surface area contributed by atoms with Gasteiger partial charge in [0.2, 0.25) is 5.54 Å². The Balaban J connectivity index is 2.23. The van der Waals surface area contributed by atoms with E-state index in [0.717, 1.165) is 16.8 Å². The predicted octanol–water partition coefficient (Wildman–Crippen LogP) is 4.20. The smallest absolute Gasteiger partial charge is 0.195 e. The zero-order chi connectivity index (χ0) is 12.6. The van der Waals surface area contributed by atoms with Crippen molar-refractivity contribution in [1.29, 1.82) is 5.26 Å². The van der Waals surface area contributed by atoms with Crippen molar-refractivity contribution in [3.63, 3.8) is 0 Å². The Kier molecular flexibility index (Phi) is 2.39. The molecule has 0 N–H and O–H groups in total. The Morgan fingerprint density at radius 1 is 1.06 bits per heavy atom. The molecule has 0 saturated carbocycles. The molecule has 0 aromatic heterocycles. The average molecular weight is 254 g/mol. The van der Waals surface area contributed by atoms with Gasteiger partial charge in [-0.25, -0.2) is 0 Å². The van der Waals surface area contributed by atoms with Crippen LogP contribution in [0.2, 0.25) is 5.02 Å². The van der Waals surface area contributed by atoms with Gasteiger partial charge in [-0.2, -0.15) is 15.5 Å². The molecular formula is C14H8ClN3. The highest BCUT2D eigenvalue weighted by atomic mass is 35.5. The minimum Gasteiger partial charge on any atom is -0.195 e. The van der Waals surface area contributed by atoms with Crippen LogP contribution in [0.3, 0.4) is 0 Å². The summed E-state index contributed by atoms with van der Waals surface area (Å²) < 4.78 is 0. The van der Waals surface area contributed by atoms with Gasteiger partial charge in [-0.3, -0.25) is 0 Å². The molecule has 0 aliphatic carbocycles. The molecule has 86 valence electrons. The second kappa shape index (κ2) is 3.94. The molecule has 0 spiro atoms. The highest BCUT2D eigenvalue weighted by Gasteiger charge is 2.40. The molecule has 1 atom stereocenters. The lowest BCUT2D eigenvalue weighted by atomic mass is 9.85. The first kappa shape index (κ1) is 10.9. The number of rotatable bonds is 1. The number of nitrogens with zero attached hydrogens (tertiary/aromatic N) is 3. The third-order valence-corrected chi connectivity index (χ3v) is 3.28. The molecule has 1 heterocycles. The molecule has 2 aromatic carbocycles. The maximum atomic E-state index is 9.55. The number of fused-ring (bicyclic) bond motifs is 1. The summed E-state index contributed by atoms with van der Waals surface area (Å²) in [6, 6.07) is 16.9. The molecule has 0 bridgehead atoms. The molecule has 2 aromatic rings. The fraction of sp³-hybridized carbons (Fsp3) is 0.0714. The molecule has 0 fully saturated rings. The third kappa shape index (κ3) is 1.43. The fourth-order valence-corrected chi connectivity index (χ4v) is 2.23. The summed E-state index contributed by atoms with van der Waals surface area (Å²) in [5.74, 6) is 0. The van der Waals surface area contributed by atoms with Crippen molar-refractivity contribution < 1.29 is 0 Å². The lowest BCUT2D eigenvalue weighted by Gasteiger charge is -2.18. The maximum absolute atomic E-state index is 9.55. The third-order valence-electron chi connectivity index (χ3n) is 3.03. The van der Waals surface area contributed by atoms with E-state index in [-0.39, 0.29) is 0 Å². The van der Waals surface area contributed by atoms with Crippen molar-refractivity contribution in [2.45, 2.75) is 5.54 Å². The van der Waals surface area contributed by atoms with Crippen LogP contribution in [0, 0.1) is 11.3 Å². The van der Waals surface area contributed by atoms with Crippen LogP contribution in [0.5, 0.6) is 0 Å². The van der Waals surface area contributed by atoms with Crippen LogP contribution in [0.15, 0.2) is 58.8 Å².